The first-order valence-corrected chi connectivity index (χ1v) is 10.1. The fourth-order valence-electron chi connectivity index (χ4n) is 4.27. The van der Waals surface area contributed by atoms with Gasteiger partial charge in [-0.3, -0.25) is 9.59 Å². The van der Waals surface area contributed by atoms with E-state index < -0.39 is 6.10 Å². The van der Waals surface area contributed by atoms with E-state index in [-0.39, 0.29) is 17.4 Å². The molecule has 1 spiro atoms. The van der Waals surface area contributed by atoms with E-state index in [9.17, 15) is 9.59 Å². The number of ether oxygens (including phenoxy) is 2. The second-order valence-electron chi connectivity index (χ2n) is 8.31. The third-order valence-electron chi connectivity index (χ3n) is 5.97. The molecule has 2 saturated heterocycles. The molecular formula is C21H29N3O4. The summed E-state index contributed by atoms with van der Waals surface area (Å²) in [6, 6.07) is 7.32. The second kappa shape index (κ2) is 7.72. The van der Waals surface area contributed by atoms with Crippen molar-refractivity contribution in [3.63, 3.8) is 0 Å². The van der Waals surface area contributed by atoms with Crippen molar-refractivity contribution in [1.82, 2.24) is 9.80 Å². The quantitative estimate of drug-likeness (QED) is 0.852. The van der Waals surface area contributed by atoms with Crippen LogP contribution in [0.3, 0.4) is 0 Å². The predicted molar refractivity (Wildman–Crippen MR) is 105 cm³/mol. The molecule has 3 aliphatic rings. The molecular weight excluding hydrogens is 358 g/mol. The zero-order chi connectivity index (χ0) is 19.7. The maximum absolute atomic E-state index is 12.8. The Bertz CT molecular complexity index is 741. The van der Waals surface area contributed by atoms with Gasteiger partial charge in [0.05, 0.1) is 12.7 Å². The summed E-state index contributed by atoms with van der Waals surface area (Å²) < 4.78 is 11.6. The normalized spacial score (nSPS) is 24.8. The Hall–Kier alpha value is -2.12. The van der Waals surface area contributed by atoms with Crippen molar-refractivity contribution in [3.8, 4) is 5.75 Å². The van der Waals surface area contributed by atoms with Crippen molar-refractivity contribution >= 4 is 17.5 Å². The SMILES string of the molecule is COc1cccc(NC(=O)C2CN(C)CC3(CCN(C(=O)C4CC4)CC3)O2)c1. The summed E-state index contributed by atoms with van der Waals surface area (Å²) in [6.45, 7) is 2.78. The molecule has 1 aromatic rings. The summed E-state index contributed by atoms with van der Waals surface area (Å²) in [7, 11) is 3.63. The zero-order valence-corrected chi connectivity index (χ0v) is 16.6. The Morgan fingerprint density at radius 3 is 2.68 bits per heavy atom. The summed E-state index contributed by atoms with van der Waals surface area (Å²) in [6.07, 6.45) is 3.09. The summed E-state index contributed by atoms with van der Waals surface area (Å²) in [5.74, 6) is 1.11. The first-order chi connectivity index (χ1) is 13.5. The molecule has 4 rings (SSSR count). The highest BCUT2D eigenvalue weighted by Gasteiger charge is 2.45. The summed E-state index contributed by atoms with van der Waals surface area (Å²) in [5, 5.41) is 2.94. The Morgan fingerprint density at radius 1 is 1.25 bits per heavy atom. The van der Waals surface area contributed by atoms with Gasteiger partial charge >= 0.3 is 0 Å². The molecule has 152 valence electrons. The van der Waals surface area contributed by atoms with Crippen LogP contribution in [0, 0.1) is 5.92 Å². The molecule has 7 heteroatoms. The third kappa shape index (κ3) is 4.15. The van der Waals surface area contributed by atoms with Gasteiger partial charge < -0.3 is 24.6 Å². The molecule has 0 aromatic heterocycles. The molecule has 0 bridgehead atoms. The summed E-state index contributed by atoms with van der Waals surface area (Å²) >= 11 is 0. The topological polar surface area (TPSA) is 71.1 Å². The molecule has 0 radical (unpaired) electrons. The third-order valence-corrected chi connectivity index (χ3v) is 5.97. The zero-order valence-electron chi connectivity index (χ0n) is 16.6. The van der Waals surface area contributed by atoms with Gasteiger partial charge in [0.1, 0.15) is 11.9 Å². The largest absolute Gasteiger partial charge is 0.497 e. The Balaban J connectivity index is 1.38. The van der Waals surface area contributed by atoms with Crippen LogP contribution in [0.1, 0.15) is 25.7 Å². The number of rotatable bonds is 4. The van der Waals surface area contributed by atoms with Crippen LogP contribution in [0.2, 0.25) is 0 Å². The first kappa shape index (κ1) is 19.2. The van der Waals surface area contributed by atoms with Crippen molar-refractivity contribution in [2.45, 2.75) is 37.4 Å². The number of nitrogens with zero attached hydrogens (tertiary/aromatic N) is 2. The first-order valence-electron chi connectivity index (χ1n) is 10.1. The number of piperidine rings is 1. The fraction of sp³-hybridized carbons (Fsp3) is 0.619. The Kier molecular flexibility index (Phi) is 5.29. The summed E-state index contributed by atoms with van der Waals surface area (Å²) in [4.78, 5) is 29.3. The van der Waals surface area contributed by atoms with Crippen LogP contribution < -0.4 is 10.1 Å². The molecule has 3 fully saturated rings. The highest BCUT2D eigenvalue weighted by atomic mass is 16.5. The van der Waals surface area contributed by atoms with Crippen molar-refractivity contribution in [2.24, 2.45) is 5.92 Å². The number of hydrogen-bond acceptors (Lipinski definition) is 5. The molecule has 1 atom stereocenters. The molecule has 1 aromatic carbocycles. The Labute approximate surface area is 166 Å². The van der Waals surface area contributed by atoms with Gasteiger partial charge in [-0.2, -0.15) is 0 Å². The van der Waals surface area contributed by atoms with E-state index in [1.165, 1.54) is 0 Å². The maximum Gasteiger partial charge on any atom is 0.254 e. The van der Waals surface area contributed by atoms with Crippen LogP contribution in [0.4, 0.5) is 5.69 Å². The molecule has 1 aliphatic carbocycles. The van der Waals surface area contributed by atoms with E-state index in [1.807, 2.05) is 30.1 Å². The molecule has 2 amide bonds. The van der Waals surface area contributed by atoms with Gasteiger partial charge in [0.15, 0.2) is 0 Å². The lowest BCUT2D eigenvalue weighted by Gasteiger charge is -2.48. The molecule has 28 heavy (non-hydrogen) atoms. The van der Waals surface area contributed by atoms with Crippen molar-refractivity contribution in [1.29, 1.82) is 0 Å². The van der Waals surface area contributed by atoms with Gasteiger partial charge in [0.2, 0.25) is 5.91 Å². The standard InChI is InChI=1S/C21H29N3O4/c1-23-13-18(19(25)22-16-4-3-5-17(12-16)27-2)28-21(14-23)8-10-24(11-9-21)20(26)15-6-7-15/h3-5,12,15,18H,6-11,13-14H2,1-2H3,(H,22,25). The summed E-state index contributed by atoms with van der Waals surface area (Å²) in [5.41, 5.74) is 0.337. The maximum atomic E-state index is 12.8. The van der Waals surface area contributed by atoms with Gasteiger partial charge in [0, 0.05) is 43.9 Å². The van der Waals surface area contributed by atoms with Crippen molar-refractivity contribution in [2.75, 3.05) is 45.7 Å². The molecule has 2 heterocycles. The number of carbonyl (C=O) groups is 2. The minimum Gasteiger partial charge on any atom is -0.497 e. The van der Waals surface area contributed by atoms with Crippen LogP contribution in [-0.4, -0.2) is 73.7 Å². The number of amides is 2. The van der Waals surface area contributed by atoms with Crippen LogP contribution in [-0.2, 0) is 14.3 Å². The number of morpholine rings is 1. The van der Waals surface area contributed by atoms with E-state index in [0.717, 1.165) is 32.2 Å². The number of benzene rings is 1. The van der Waals surface area contributed by atoms with E-state index in [0.29, 0.717) is 37.0 Å². The second-order valence-corrected chi connectivity index (χ2v) is 8.31. The van der Waals surface area contributed by atoms with Crippen molar-refractivity contribution < 1.29 is 19.1 Å². The number of carbonyl (C=O) groups excluding carboxylic acids is 2. The fourth-order valence-corrected chi connectivity index (χ4v) is 4.27. The Morgan fingerprint density at radius 2 is 2.00 bits per heavy atom. The highest BCUT2D eigenvalue weighted by molar-refractivity contribution is 5.94. The van der Waals surface area contributed by atoms with E-state index in [2.05, 4.69) is 10.2 Å². The van der Waals surface area contributed by atoms with Crippen LogP contribution in [0.15, 0.2) is 24.3 Å². The number of likely N-dealkylation sites (tertiary alicyclic amines) is 1. The van der Waals surface area contributed by atoms with E-state index in [4.69, 9.17) is 9.47 Å². The minimum absolute atomic E-state index is 0.143. The van der Waals surface area contributed by atoms with Gasteiger partial charge in [0.25, 0.3) is 5.91 Å². The lowest BCUT2D eigenvalue weighted by Crippen LogP contribution is -2.61. The van der Waals surface area contributed by atoms with Crippen LogP contribution >= 0.6 is 0 Å². The number of methoxy groups -OCH3 is 1. The number of likely N-dealkylation sites (N-methyl/N-ethyl adjacent to an activating group) is 1. The molecule has 1 saturated carbocycles. The van der Waals surface area contributed by atoms with Crippen molar-refractivity contribution in [3.05, 3.63) is 24.3 Å². The minimum atomic E-state index is -0.532. The molecule has 2 aliphatic heterocycles. The average molecular weight is 387 g/mol. The van der Waals surface area contributed by atoms with Gasteiger partial charge in [-0.1, -0.05) is 6.07 Å². The smallest absolute Gasteiger partial charge is 0.254 e. The molecule has 1 unspecified atom stereocenters. The average Bonchev–Trinajstić information content (AvgIpc) is 3.53. The predicted octanol–water partition coefficient (Wildman–Crippen LogP) is 1.74. The lowest BCUT2D eigenvalue weighted by atomic mass is 9.88. The van der Waals surface area contributed by atoms with E-state index in [1.54, 1.807) is 13.2 Å². The molecule has 1 N–H and O–H groups in total. The van der Waals surface area contributed by atoms with E-state index >= 15 is 0 Å². The molecule has 7 nitrogen and oxygen atoms in total. The number of nitrogens with one attached hydrogen (secondary N) is 1. The lowest BCUT2D eigenvalue weighted by molar-refractivity contribution is -0.180. The monoisotopic (exact) mass is 387 g/mol. The van der Waals surface area contributed by atoms with Gasteiger partial charge in [-0.05, 0) is 44.9 Å². The van der Waals surface area contributed by atoms with Crippen LogP contribution in [0.5, 0.6) is 5.75 Å². The highest BCUT2D eigenvalue weighted by Crippen LogP contribution is 2.36. The number of anilines is 1. The van der Waals surface area contributed by atoms with Crippen LogP contribution in [0.25, 0.3) is 0 Å². The number of hydrogen-bond donors (Lipinski definition) is 1. The van der Waals surface area contributed by atoms with Gasteiger partial charge in [-0.25, -0.2) is 0 Å². The van der Waals surface area contributed by atoms with Gasteiger partial charge in [-0.15, -0.1) is 0 Å².